The molecular weight excluding hydrogens is 415 g/mol. The normalized spacial score (nSPS) is 11.0. The van der Waals surface area contributed by atoms with Crippen LogP contribution < -0.4 is 5.32 Å². The lowest BCUT2D eigenvalue weighted by Gasteiger charge is -2.08. The molecule has 3 aromatic rings. The molecule has 29 heavy (non-hydrogen) atoms. The van der Waals surface area contributed by atoms with Crippen LogP contribution in [0.15, 0.2) is 60.2 Å². The van der Waals surface area contributed by atoms with Gasteiger partial charge in [-0.05, 0) is 54.1 Å². The Balaban J connectivity index is 1.93. The highest BCUT2D eigenvalue weighted by atomic mass is 35.5. The Kier molecular flexibility index (Phi) is 5.98. The number of halogens is 2. The third kappa shape index (κ3) is 4.46. The van der Waals surface area contributed by atoms with Crippen LogP contribution in [0, 0.1) is 11.3 Å². The molecule has 3 rings (SSSR count). The molecular formula is C20H12Cl2N4O3. The van der Waals surface area contributed by atoms with E-state index in [0.717, 1.165) is 0 Å². The minimum atomic E-state index is -1.08. The van der Waals surface area contributed by atoms with Crippen LogP contribution >= 0.6 is 23.2 Å². The number of nitriles is 1. The minimum absolute atomic E-state index is 0.0326. The molecule has 0 bridgehead atoms. The molecule has 0 unspecified atom stereocenters. The number of carbonyl (C=O) groups is 2. The van der Waals surface area contributed by atoms with E-state index in [4.69, 9.17) is 28.3 Å². The van der Waals surface area contributed by atoms with Gasteiger partial charge < -0.3 is 10.4 Å². The number of anilines is 1. The molecule has 0 radical (unpaired) electrons. The first-order valence-corrected chi connectivity index (χ1v) is 8.92. The van der Waals surface area contributed by atoms with Crippen molar-refractivity contribution in [2.75, 3.05) is 5.32 Å². The number of benzene rings is 2. The predicted molar refractivity (Wildman–Crippen MR) is 109 cm³/mol. The number of para-hydroxylation sites is 1. The van der Waals surface area contributed by atoms with Crippen LogP contribution in [0.25, 0.3) is 11.8 Å². The molecule has 0 spiro atoms. The number of rotatable bonds is 5. The number of aromatic nitrogens is 2. The topological polar surface area (TPSA) is 108 Å². The van der Waals surface area contributed by atoms with Gasteiger partial charge in [-0.1, -0.05) is 29.8 Å². The van der Waals surface area contributed by atoms with E-state index in [9.17, 15) is 14.9 Å². The minimum Gasteiger partial charge on any atom is -0.478 e. The fourth-order valence-electron chi connectivity index (χ4n) is 2.51. The molecule has 0 saturated heterocycles. The number of imidazole rings is 1. The largest absolute Gasteiger partial charge is 0.478 e. The molecule has 1 heterocycles. The molecule has 0 saturated carbocycles. The monoisotopic (exact) mass is 426 g/mol. The smallest absolute Gasteiger partial charge is 0.335 e. The summed E-state index contributed by atoms with van der Waals surface area (Å²) >= 11 is 12.3. The van der Waals surface area contributed by atoms with Gasteiger partial charge in [-0.3, -0.25) is 9.36 Å². The van der Waals surface area contributed by atoms with Crippen molar-refractivity contribution in [3.63, 3.8) is 0 Å². The fraction of sp³-hybridized carbons (Fsp3) is 0. The van der Waals surface area contributed by atoms with E-state index < -0.39 is 11.9 Å². The maximum absolute atomic E-state index is 12.5. The lowest BCUT2D eigenvalue weighted by Crippen LogP contribution is -2.14. The van der Waals surface area contributed by atoms with E-state index >= 15 is 0 Å². The van der Waals surface area contributed by atoms with Crippen molar-refractivity contribution in [2.45, 2.75) is 0 Å². The second-order valence-corrected chi connectivity index (χ2v) is 6.43. The summed E-state index contributed by atoms with van der Waals surface area (Å²) in [4.78, 5) is 27.4. The second kappa shape index (κ2) is 8.61. The quantitative estimate of drug-likeness (QED) is 0.463. The predicted octanol–water partition coefficient (Wildman–Crippen LogP) is 4.42. The molecule has 1 aromatic heterocycles. The van der Waals surface area contributed by atoms with Gasteiger partial charge in [0.1, 0.15) is 11.6 Å². The first-order valence-electron chi connectivity index (χ1n) is 8.16. The van der Waals surface area contributed by atoms with Crippen molar-refractivity contribution in [3.05, 3.63) is 81.9 Å². The zero-order valence-corrected chi connectivity index (χ0v) is 16.1. The Morgan fingerprint density at radius 3 is 2.34 bits per heavy atom. The van der Waals surface area contributed by atoms with Crippen LogP contribution in [0.5, 0.6) is 0 Å². The SMILES string of the molecule is N#C/C(=C\c1c(Cl)nc(Cl)n1-c1ccccc1)C(=O)Nc1ccc(C(=O)O)cc1. The Hall–Kier alpha value is -3.60. The number of aromatic carboxylic acids is 1. The molecule has 0 fully saturated rings. The zero-order chi connectivity index (χ0) is 21.0. The molecule has 1 amide bonds. The van der Waals surface area contributed by atoms with E-state index in [2.05, 4.69) is 10.3 Å². The first-order chi connectivity index (χ1) is 13.9. The summed E-state index contributed by atoms with van der Waals surface area (Å²) in [6, 6.07) is 16.3. The van der Waals surface area contributed by atoms with E-state index in [0.29, 0.717) is 11.4 Å². The van der Waals surface area contributed by atoms with Gasteiger partial charge in [0.05, 0.1) is 11.3 Å². The van der Waals surface area contributed by atoms with Gasteiger partial charge in [0, 0.05) is 11.4 Å². The number of nitrogens with zero attached hydrogens (tertiary/aromatic N) is 3. The van der Waals surface area contributed by atoms with E-state index in [-0.39, 0.29) is 27.3 Å². The average molecular weight is 427 g/mol. The van der Waals surface area contributed by atoms with Gasteiger partial charge in [-0.15, -0.1) is 0 Å². The number of nitrogens with one attached hydrogen (secondary N) is 1. The average Bonchev–Trinajstić information content (AvgIpc) is 2.99. The lowest BCUT2D eigenvalue weighted by atomic mass is 10.2. The lowest BCUT2D eigenvalue weighted by molar-refractivity contribution is -0.112. The molecule has 0 aliphatic rings. The maximum atomic E-state index is 12.5. The number of carboxylic acid groups (broad SMARTS) is 1. The van der Waals surface area contributed by atoms with Gasteiger partial charge in [0.25, 0.3) is 5.91 Å². The Bertz CT molecular complexity index is 1150. The molecule has 9 heteroatoms. The summed E-state index contributed by atoms with van der Waals surface area (Å²) < 4.78 is 1.51. The van der Waals surface area contributed by atoms with Crippen LogP contribution in [-0.4, -0.2) is 26.5 Å². The van der Waals surface area contributed by atoms with Crippen LogP contribution in [-0.2, 0) is 4.79 Å². The number of hydrogen-bond acceptors (Lipinski definition) is 4. The van der Waals surface area contributed by atoms with Crippen molar-refractivity contribution < 1.29 is 14.7 Å². The Morgan fingerprint density at radius 2 is 1.76 bits per heavy atom. The summed E-state index contributed by atoms with van der Waals surface area (Å²) in [7, 11) is 0. The zero-order valence-electron chi connectivity index (χ0n) is 14.6. The van der Waals surface area contributed by atoms with Crippen molar-refractivity contribution in [1.29, 1.82) is 5.26 Å². The van der Waals surface area contributed by atoms with Crippen LogP contribution in [0.1, 0.15) is 16.1 Å². The molecule has 0 aliphatic carbocycles. The summed E-state index contributed by atoms with van der Waals surface area (Å²) in [5.74, 6) is -1.77. The second-order valence-electron chi connectivity index (χ2n) is 5.73. The highest BCUT2D eigenvalue weighted by molar-refractivity contribution is 6.34. The van der Waals surface area contributed by atoms with Gasteiger partial charge in [0.2, 0.25) is 5.28 Å². The third-order valence-electron chi connectivity index (χ3n) is 3.88. The Labute approximate surface area is 175 Å². The standard InChI is InChI=1S/C20H12Cl2N4O3/c21-17-16(26(20(22)25-17)15-4-2-1-3-5-15)10-13(11-23)18(27)24-14-8-6-12(7-9-14)19(28)29/h1-10H,(H,24,27)(H,28,29)/b13-10+. The molecule has 2 aromatic carbocycles. The van der Waals surface area contributed by atoms with Gasteiger partial charge in [-0.25, -0.2) is 9.78 Å². The number of hydrogen-bond donors (Lipinski definition) is 2. The number of carboxylic acids is 1. The molecule has 144 valence electrons. The highest BCUT2D eigenvalue weighted by Crippen LogP contribution is 2.27. The van der Waals surface area contributed by atoms with E-state index in [1.54, 1.807) is 24.3 Å². The molecule has 7 nitrogen and oxygen atoms in total. The third-order valence-corrected chi connectivity index (χ3v) is 4.41. The van der Waals surface area contributed by atoms with Crippen molar-refractivity contribution >= 4 is 46.8 Å². The van der Waals surface area contributed by atoms with Gasteiger partial charge >= 0.3 is 5.97 Å². The van der Waals surface area contributed by atoms with E-state index in [1.807, 2.05) is 12.1 Å². The van der Waals surface area contributed by atoms with Crippen molar-refractivity contribution in [1.82, 2.24) is 9.55 Å². The maximum Gasteiger partial charge on any atom is 0.335 e. The van der Waals surface area contributed by atoms with Gasteiger partial charge in [0.15, 0.2) is 5.15 Å². The van der Waals surface area contributed by atoms with Crippen molar-refractivity contribution in [2.24, 2.45) is 0 Å². The molecule has 0 aliphatic heterocycles. The highest BCUT2D eigenvalue weighted by Gasteiger charge is 2.18. The number of amides is 1. The fourth-order valence-corrected chi connectivity index (χ4v) is 3.04. The summed E-state index contributed by atoms with van der Waals surface area (Å²) in [6.45, 7) is 0. The van der Waals surface area contributed by atoms with Crippen molar-refractivity contribution in [3.8, 4) is 11.8 Å². The van der Waals surface area contributed by atoms with Crippen LogP contribution in [0.4, 0.5) is 5.69 Å². The van der Waals surface area contributed by atoms with E-state index in [1.165, 1.54) is 34.9 Å². The summed E-state index contributed by atoms with van der Waals surface area (Å²) in [5, 5.41) is 21.0. The van der Waals surface area contributed by atoms with Crippen LogP contribution in [0.3, 0.4) is 0 Å². The summed E-state index contributed by atoms with van der Waals surface area (Å²) in [5.41, 5.74) is 1.11. The molecule has 2 N–H and O–H groups in total. The molecule has 0 atom stereocenters. The van der Waals surface area contributed by atoms with Gasteiger partial charge in [-0.2, -0.15) is 5.26 Å². The van der Waals surface area contributed by atoms with Crippen LogP contribution in [0.2, 0.25) is 10.4 Å². The Morgan fingerprint density at radius 1 is 1.10 bits per heavy atom. The summed E-state index contributed by atoms with van der Waals surface area (Å²) in [6.07, 6.45) is 1.29. The number of carbonyl (C=O) groups excluding carboxylic acids is 1. The first kappa shape index (κ1) is 20.1.